The van der Waals surface area contributed by atoms with Crippen LogP contribution in [0.1, 0.15) is 45.2 Å². The number of rotatable bonds is 15. The minimum absolute atomic E-state index is 0.181. The fourth-order valence-electron chi connectivity index (χ4n) is 9.12. The van der Waals surface area contributed by atoms with Crippen LogP contribution in [0.3, 0.4) is 0 Å². The van der Waals surface area contributed by atoms with E-state index in [1.165, 1.54) is 0 Å². The molecule has 1 fully saturated rings. The number of hydrogen-bond acceptors (Lipinski definition) is 8. The van der Waals surface area contributed by atoms with Crippen LogP contribution in [0.15, 0.2) is 225 Å². The van der Waals surface area contributed by atoms with Crippen LogP contribution in [-0.2, 0) is 26.4 Å². The normalized spacial score (nSPS) is 17.6. The molecule has 0 radical (unpaired) electrons. The number of aliphatic hydroxyl groups excluding tert-OH is 1. The number of benzene rings is 7. The lowest BCUT2D eigenvalue weighted by Crippen LogP contribution is -2.38. The van der Waals surface area contributed by atoms with E-state index in [0.29, 0.717) is 22.7 Å². The number of aromatic nitrogens is 4. The molecule has 0 saturated carbocycles. The van der Waals surface area contributed by atoms with Gasteiger partial charge in [-0.2, -0.15) is 0 Å². The Morgan fingerprint density at radius 3 is 1.47 bits per heavy atom. The van der Waals surface area contributed by atoms with Gasteiger partial charge in [0.15, 0.2) is 23.2 Å². The second-order valence-electron chi connectivity index (χ2n) is 15.9. The monoisotopic (exact) mass is 857 g/mol. The molecule has 9 heteroatoms. The van der Waals surface area contributed by atoms with Gasteiger partial charge in [0.2, 0.25) is 0 Å². The Bertz CT molecular complexity index is 2680. The summed E-state index contributed by atoms with van der Waals surface area (Å²) in [5.41, 5.74) is 6.50. The zero-order valence-electron chi connectivity index (χ0n) is 35.0. The Kier molecular flexibility index (Phi) is 11.9. The number of aliphatic hydroxyl groups is 1. The molecule has 8 nitrogen and oxygen atoms in total. The molecule has 0 spiro atoms. The van der Waals surface area contributed by atoms with Gasteiger partial charge in [0.1, 0.15) is 23.6 Å². The van der Waals surface area contributed by atoms with Crippen molar-refractivity contribution < 1.29 is 14.6 Å². The summed E-state index contributed by atoms with van der Waals surface area (Å²) in [5, 5.41) is 16.0. The highest BCUT2D eigenvalue weighted by Gasteiger charge is 2.48. The number of fused-ring (bicyclic) bond motifs is 1. The SMILES string of the molecule is O[C@H]1[C@H](SCc2ccccc2)[C@@H](COC(c2ccccc2)(c2ccccc2)c2ccccc2)O[C@H]1n1cnc2c(NC(c3ccccc3)(c3ccccc3)c3ccccc3)ncnc21. The van der Waals surface area contributed by atoms with Crippen LogP contribution in [0.2, 0.25) is 0 Å². The lowest BCUT2D eigenvalue weighted by Gasteiger charge is -2.37. The van der Waals surface area contributed by atoms with E-state index in [1.54, 1.807) is 24.4 Å². The van der Waals surface area contributed by atoms with Crippen molar-refractivity contribution in [3.63, 3.8) is 0 Å². The van der Waals surface area contributed by atoms with Crippen LogP contribution >= 0.6 is 11.8 Å². The predicted molar refractivity (Wildman–Crippen MR) is 255 cm³/mol. The molecular formula is C55H47N5O3S. The largest absolute Gasteiger partial charge is 0.387 e. The highest BCUT2D eigenvalue weighted by Crippen LogP contribution is 2.45. The topological polar surface area (TPSA) is 94.3 Å². The van der Waals surface area contributed by atoms with Gasteiger partial charge in [-0.3, -0.25) is 4.57 Å². The summed E-state index contributed by atoms with van der Waals surface area (Å²) < 4.78 is 16.2. The molecule has 0 aliphatic carbocycles. The standard InChI is InChI=1S/C55H47N5O3S/c61-49-50(64-37-40-22-8-1-9-23-40)47(36-62-55(44-30-16-5-17-31-44,45-32-18-6-19-33-45)46-34-20-7-21-35-46)63-53(49)60-39-58-48-51(56-38-57-52(48)60)59-54(41-24-10-2-11-25-41,42-26-12-3-13-27-42)43-28-14-4-15-29-43/h1-35,38-39,47,49-50,53,61H,36-37H2,(H,56,57,59)/t47-,49+,50-,53-/m1/s1. The van der Waals surface area contributed by atoms with E-state index in [1.807, 2.05) is 95.6 Å². The van der Waals surface area contributed by atoms with Gasteiger partial charge < -0.3 is 19.9 Å². The molecule has 7 aromatic carbocycles. The summed E-state index contributed by atoms with van der Waals surface area (Å²) in [6.45, 7) is 0.181. The first-order valence-corrected chi connectivity index (χ1v) is 22.6. The van der Waals surface area contributed by atoms with Gasteiger partial charge >= 0.3 is 0 Å². The summed E-state index contributed by atoms with van der Waals surface area (Å²) in [6.07, 6.45) is 0.964. The van der Waals surface area contributed by atoms with Crippen molar-refractivity contribution in [2.75, 3.05) is 11.9 Å². The van der Waals surface area contributed by atoms with Gasteiger partial charge in [-0.15, -0.1) is 11.8 Å². The number of nitrogens with one attached hydrogen (secondary N) is 1. The van der Waals surface area contributed by atoms with Crippen molar-refractivity contribution in [3.8, 4) is 0 Å². The van der Waals surface area contributed by atoms with Gasteiger partial charge in [0.25, 0.3) is 0 Å². The lowest BCUT2D eigenvalue weighted by molar-refractivity contribution is -0.0848. The second-order valence-corrected chi connectivity index (χ2v) is 17.1. The van der Waals surface area contributed by atoms with Gasteiger partial charge in [-0.1, -0.05) is 212 Å². The highest BCUT2D eigenvalue weighted by molar-refractivity contribution is 7.99. The molecule has 0 unspecified atom stereocenters. The van der Waals surface area contributed by atoms with Crippen molar-refractivity contribution in [2.45, 2.75) is 40.6 Å². The Balaban J connectivity index is 1.04. The molecule has 3 heterocycles. The number of anilines is 1. The number of ether oxygens (including phenoxy) is 2. The maximum Gasteiger partial charge on any atom is 0.167 e. The quantitative estimate of drug-likeness (QED) is 0.0985. The zero-order valence-corrected chi connectivity index (χ0v) is 35.9. The van der Waals surface area contributed by atoms with E-state index < -0.39 is 29.6 Å². The highest BCUT2D eigenvalue weighted by atomic mass is 32.2. The van der Waals surface area contributed by atoms with E-state index in [4.69, 9.17) is 24.4 Å². The van der Waals surface area contributed by atoms with E-state index >= 15 is 0 Å². The summed E-state index contributed by atoms with van der Waals surface area (Å²) in [6, 6.07) is 72.5. The first-order chi connectivity index (χ1) is 31.6. The van der Waals surface area contributed by atoms with Crippen molar-refractivity contribution in [1.29, 1.82) is 0 Å². The molecule has 1 aliphatic heterocycles. The number of nitrogens with zero attached hydrogens (tertiary/aromatic N) is 4. The van der Waals surface area contributed by atoms with Gasteiger partial charge in [0.05, 0.1) is 24.3 Å². The predicted octanol–water partition coefficient (Wildman–Crippen LogP) is 10.8. The van der Waals surface area contributed by atoms with Crippen LogP contribution in [0.25, 0.3) is 11.2 Å². The van der Waals surface area contributed by atoms with Crippen LogP contribution in [-0.4, -0.2) is 48.7 Å². The Hall–Kier alpha value is -6.88. The molecule has 0 amide bonds. The number of imidazole rings is 1. The van der Waals surface area contributed by atoms with Crippen molar-refractivity contribution >= 4 is 28.7 Å². The Labute approximate surface area is 377 Å². The first-order valence-electron chi connectivity index (χ1n) is 21.6. The third-order valence-corrected chi connectivity index (χ3v) is 13.6. The molecule has 9 aromatic rings. The molecule has 10 rings (SSSR count). The third kappa shape index (κ3) is 7.77. The molecule has 0 bridgehead atoms. The zero-order chi connectivity index (χ0) is 43.2. The van der Waals surface area contributed by atoms with Gasteiger partial charge in [-0.25, -0.2) is 15.0 Å². The van der Waals surface area contributed by atoms with E-state index in [-0.39, 0.29) is 11.9 Å². The minimum Gasteiger partial charge on any atom is -0.387 e. The van der Waals surface area contributed by atoms with Gasteiger partial charge in [0, 0.05) is 5.75 Å². The van der Waals surface area contributed by atoms with Crippen LogP contribution < -0.4 is 5.32 Å². The fraction of sp³-hybridized carbons (Fsp3) is 0.145. The summed E-state index contributed by atoms with van der Waals surface area (Å²) in [7, 11) is 0. The van der Waals surface area contributed by atoms with E-state index in [2.05, 4.69) is 127 Å². The molecule has 4 atom stereocenters. The minimum atomic E-state index is -0.969. The third-order valence-electron chi connectivity index (χ3n) is 12.2. The van der Waals surface area contributed by atoms with E-state index in [9.17, 15) is 5.11 Å². The number of thioether (sulfide) groups is 1. The van der Waals surface area contributed by atoms with Crippen molar-refractivity contribution in [3.05, 3.63) is 264 Å². The average Bonchev–Trinajstić information content (AvgIpc) is 3.95. The first kappa shape index (κ1) is 41.1. The van der Waals surface area contributed by atoms with Crippen molar-refractivity contribution in [1.82, 2.24) is 19.5 Å². The van der Waals surface area contributed by atoms with Crippen LogP contribution in [0.4, 0.5) is 5.82 Å². The maximum absolute atomic E-state index is 12.5. The average molecular weight is 858 g/mol. The number of hydrogen-bond donors (Lipinski definition) is 2. The lowest BCUT2D eigenvalue weighted by atomic mass is 9.77. The molecular weight excluding hydrogens is 811 g/mol. The van der Waals surface area contributed by atoms with E-state index in [0.717, 1.165) is 38.9 Å². The smallest absolute Gasteiger partial charge is 0.167 e. The Morgan fingerprint density at radius 2 is 1.00 bits per heavy atom. The molecule has 64 heavy (non-hydrogen) atoms. The Morgan fingerprint density at radius 1 is 0.562 bits per heavy atom. The molecule has 316 valence electrons. The molecule has 2 aromatic heterocycles. The molecule has 2 N–H and O–H groups in total. The van der Waals surface area contributed by atoms with Gasteiger partial charge in [-0.05, 0) is 38.9 Å². The summed E-state index contributed by atoms with van der Waals surface area (Å²) in [4.78, 5) is 14.6. The maximum atomic E-state index is 12.5. The molecule has 1 aliphatic rings. The van der Waals surface area contributed by atoms with Crippen LogP contribution in [0.5, 0.6) is 0 Å². The second kappa shape index (κ2) is 18.5. The van der Waals surface area contributed by atoms with Crippen molar-refractivity contribution in [2.24, 2.45) is 0 Å². The summed E-state index contributed by atoms with van der Waals surface area (Å²) in [5.74, 6) is 1.22. The fourth-order valence-corrected chi connectivity index (χ4v) is 10.4. The molecule has 1 saturated heterocycles. The van der Waals surface area contributed by atoms with Crippen LogP contribution in [0, 0.1) is 0 Å². The summed E-state index contributed by atoms with van der Waals surface area (Å²) >= 11 is 1.67.